The van der Waals surface area contributed by atoms with Gasteiger partial charge in [-0.2, -0.15) is 0 Å². The van der Waals surface area contributed by atoms with Crippen molar-refractivity contribution in [2.24, 2.45) is 0 Å². The highest BCUT2D eigenvalue weighted by molar-refractivity contribution is 6.67. The number of hydrogen-bond donors (Lipinski definition) is 0. The Morgan fingerprint density at radius 2 is 1.00 bits per heavy atom. The number of carbonyl (C=O) groups is 2. The Morgan fingerprint density at radius 3 is 1.33 bits per heavy atom. The van der Waals surface area contributed by atoms with Gasteiger partial charge < -0.3 is 9.47 Å². The van der Waals surface area contributed by atoms with Crippen molar-refractivity contribution in [3.63, 3.8) is 0 Å². The van der Waals surface area contributed by atoms with Crippen molar-refractivity contribution < 1.29 is 19.1 Å². The van der Waals surface area contributed by atoms with Gasteiger partial charge in [0, 0.05) is 11.1 Å². The van der Waals surface area contributed by atoms with Crippen LogP contribution in [-0.4, -0.2) is 11.9 Å². The van der Waals surface area contributed by atoms with E-state index in [0.29, 0.717) is 0 Å². The average molecular weight is 491 g/mol. The molecule has 4 nitrogen and oxygen atoms in total. The molecule has 0 fully saturated rings. The van der Waals surface area contributed by atoms with E-state index in [0.717, 1.165) is 0 Å². The lowest BCUT2D eigenvalue weighted by atomic mass is 10.2. The quantitative estimate of drug-likeness (QED) is 0.220. The summed E-state index contributed by atoms with van der Waals surface area (Å²) >= 11 is 35.0. The summed E-state index contributed by atoms with van der Waals surface area (Å²) in [5.74, 6) is -1.80. The first-order chi connectivity index (χ1) is 12.5. The van der Waals surface area contributed by atoms with Crippen LogP contribution in [0.3, 0.4) is 0 Å². The van der Waals surface area contributed by atoms with Gasteiger partial charge in [-0.3, -0.25) is 9.59 Å². The number of halogens is 6. The van der Waals surface area contributed by atoms with Crippen LogP contribution in [0.15, 0.2) is 48.5 Å². The predicted octanol–water partition coefficient (Wildman–Crippen LogP) is 6.24. The third-order valence-electron chi connectivity index (χ3n) is 3.12. The van der Waals surface area contributed by atoms with E-state index < -0.39 is 25.9 Å². The molecule has 10 heteroatoms. The topological polar surface area (TPSA) is 52.6 Å². The van der Waals surface area contributed by atoms with Crippen molar-refractivity contribution in [1.82, 2.24) is 0 Å². The second kappa shape index (κ2) is 9.08. The number of rotatable bonds is 4. The van der Waals surface area contributed by atoms with Crippen LogP contribution in [-0.2, 0) is 17.2 Å². The summed E-state index contributed by atoms with van der Waals surface area (Å²) in [4.78, 5) is 24.1. The molecule has 0 aliphatic carbocycles. The van der Waals surface area contributed by atoms with Crippen molar-refractivity contribution in [2.45, 2.75) is 14.0 Å². The molecule has 0 saturated heterocycles. The van der Waals surface area contributed by atoms with Gasteiger partial charge in [0.25, 0.3) is 0 Å². The Bertz CT molecular complexity index is 772. The molecule has 2 rings (SSSR count). The Labute approximate surface area is 185 Å². The van der Waals surface area contributed by atoms with Gasteiger partial charge in [0.15, 0.2) is 0 Å². The van der Waals surface area contributed by atoms with E-state index in [1.807, 2.05) is 0 Å². The van der Waals surface area contributed by atoms with Gasteiger partial charge in [0.1, 0.15) is 17.9 Å². The van der Waals surface area contributed by atoms with Crippen LogP contribution in [0.2, 0.25) is 0 Å². The molecule has 2 aromatic carbocycles. The van der Waals surface area contributed by atoms with Gasteiger partial charge in [0.2, 0.25) is 7.59 Å². The van der Waals surface area contributed by atoms with Crippen molar-refractivity contribution in [3.8, 4) is 11.5 Å². The third-order valence-corrected chi connectivity index (χ3v) is 4.34. The normalized spacial score (nSPS) is 11.8. The van der Waals surface area contributed by atoms with E-state index in [-0.39, 0.29) is 22.6 Å². The number of alkyl halides is 6. The smallest absolute Gasteiger partial charge is 0.322 e. The van der Waals surface area contributed by atoms with Gasteiger partial charge in [-0.05, 0) is 12.1 Å². The van der Waals surface area contributed by atoms with Crippen molar-refractivity contribution in [3.05, 3.63) is 59.7 Å². The molecule has 0 radical (unpaired) electrons. The minimum absolute atomic E-state index is 0.0111. The summed E-state index contributed by atoms with van der Waals surface area (Å²) in [5.41, 5.74) is 0.302. The molecule has 2 aromatic rings. The number of esters is 2. The maximum atomic E-state index is 12.0. The van der Waals surface area contributed by atoms with E-state index >= 15 is 0 Å². The molecule has 0 amide bonds. The zero-order valence-electron chi connectivity index (χ0n) is 13.2. The first-order valence-electron chi connectivity index (χ1n) is 7.22. The molecule has 0 aromatic heterocycles. The van der Waals surface area contributed by atoms with Crippen molar-refractivity contribution in [1.29, 1.82) is 0 Å². The molecule has 0 atom stereocenters. The maximum absolute atomic E-state index is 12.0. The summed E-state index contributed by atoms with van der Waals surface area (Å²) < 4.78 is 6.60. The van der Waals surface area contributed by atoms with Gasteiger partial charge in [-0.25, -0.2) is 0 Å². The van der Waals surface area contributed by atoms with Crippen molar-refractivity contribution in [2.75, 3.05) is 0 Å². The van der Waals surface area contributed by atoms with Gasteiger partial charge in [-0.15, -0.1) is 0 Å². The summed E-state index contributed by atoms with van der Waals surface area (Å²) in [6.07, 6.45) is -0.706. The Hall–Kier alpha value is -0.880. The molecule has 0 bridgehead atoms. The SMILES string of the molecule is O=C(CC(=O)Oc1ccccc1C(Cl)(Cl)Cl)Oc1ccccc1C(Cl)(Cl)Cl. The highest BCUT2D eigenvalue weighted by atomic mass is 35.6. The van der Waals surface area contributed by atoms with E-state index in [9.17, 15) is 9.59 Å². The van der Waals surface area contributed by atoms with Crippen LogP contribution in [0.4, 0.5) is 0 Å². The Balaban J connectivity index is 2.07. The third kappa shape index (κ3) is 6.60. The fourth-order valence-electron chi connectivity index (χ4n) is 2.01. The number of benzene rings is 2. The van der Waals surface area contributed by atoms with E-state index in [1.54, 1.807) is 24.3 Å². The molecular weight excluding hydrogens is 481 g/mol. The summed E-state index contributed by atoms with van der Waals surface area (Å²) in [6, 6.07) is 12.2. The molecule has 0 heterocycles. The Kier molecular flexibility index (Phi) is 7.54. The molecule has 0 aliphatic rings. The fourth-order valence-corrected chi connectivity index (χ4v) is 2.95. The lowest BCUT2D eigenvalue weighted by Crippen LogP contribution is -2.20. The molecule has 0 aliphatic heterocycles. The number of para-hydroxylation sites is 2. The second-order valence-corrected chi connectivity index (χ2v) is 9.68. The first kappa shape index (κ1) is 22.4. The highest BCUT2D eigenvalue weighted by Crippen LogP contribution is 2.43. The van der Waals surface area contributed by atoms with Gasteiger partial charge in [-0.1, -0.05) is 106 Å². The summed E-state index contributed by atoms with van der Waals surface area (Å²) in [7, 11) is 0. The van der Waals surface area contributed by atoms with E-state index in [4.69, 9.17) is 79.1 Å². The zero-order chi connectivity index (χ0) is 20.2. The molecule has 0 saturated carbocycles. The Morgan fingerprint density at radius 1 is 0.667 bits per heavy atom. The minimum Gasteiger partial charge on any atom is -0.426 e. The molecule has 0 spiro atoms. The molecule has 27 heavy (non-hydrogen) atoms. The fraction of sp³-hybridized carbons (Fsp3) is 0.176. The lowest BCUT2D eigenvalue weighted by molar-refractivity contribution is -0.144. The monoisotopic (exact) mass is 488 g/mol. The zero-order valence-corrected chi connectivity index (χ0v) is 17.8. The number of carbonyl (C=O) groups excluding carboxylic acids is 2. The summed E-state index contributed by atoms with van der Waals surface area (Å²) in [6.45, 7) is 0. The average Bonchev–Trinajstić information content (AvgIpc) is 2.53. The first-order valence-corrected chi connectivity index (χ1v) is 9.49. The molecule has 0 N–H and O–H groups in total. The van der Waals surface area contributed by atoms with Crippen LogP contribution < -0.4 is 9.47 Å². The second-order valence-electron chi connectivity index (χ2n) is 5.11. The highest BCUT2D eigenvalue weighted by Gasteiger charge is 2.29. The molecule has 144 valence electrons. The molecule has 0 unspecified atom stereocenters. The van der Waals surface area contributed by atoms with E-state index in [1.165, 1.54) is 24.3 Å². The van der Waals surface area contributed by atoms with Crippen LogP contribution in [0.1, 0.15) is 17.5 Å². The van der Waals surface area contributed by atoms with Crippen LogP contribution in [0.25, 0.3) is 0 Å². The number of ether oxygens (including phenoxy) is 2. The van der Waals surface area contributed by atoms with Crippen molar-refractivity contribution >= 4 is 81.5 Å². The van der Waals surface area contributed by atoms with Gasteiger partial charge >= 0.3 is 11.9 Å². The lowest BCUT2D eigenvalue weighted by Gasteiger charge is -2.16. The van der Waals surface area contributed by atoms with E-state index in [2.05, 4.69) is 0 Å². The largest absolute Gasteiger partial charge is 0.426 e. The predicted molar refractivity (Wildman–Crippen MR) is 107 cm³/mol. The standard InChI is InChI=1S/C17H10Cl6O4/c18-16(19,20)10-5-1-3-7-12(10)26-14(24)9-15(25)27-13-8-4-2-6-11(13)17(21,22)23/h1-8H,9H2. The molecular formula is C17H10Cl6O4. The maximum Gasteiger partial charge on any atom is 0.322 e. The van der Waals surface area contributed by atoms with Crippen LogP contribution in [0, 0.1) is 0 Å². The van der Waals surface area contributed by atoms with Crippen LogP contribution >= 0.6 is 69.6 Å². The minimum atomic E-state index is -1.80. The van der Waals surface area contributed by atoms with Crippen LogP contribution in [0.5, 0.6) is 11.5 Å². The van der Waals surface area contributed by atoms with Gasteiger partial charge in [0.05, 0.1) is 0 Å². The number of hydrogen-bond acceptors (Lipinski definition) is 4. The summed E-state index contributed by atoms with van der Waals surface area (Å²) in [5, 5.41) is 0.